The summed E-state index contributed by atoms with van der Waals surface area (Å²) in [7, 11) is 0. The van der Waals surface area contributed by atoms with Crippen LogP contribution in [-0.2, 0) is 14.3 Å². The molecule has 62 heavy (non-hydrogen) atoms. The van der Waals surface area contributed by atoms with E-state index in [0.717, 1.165) is 57.8 Å². The van der Waals surface area contributed by atoms with Crippen LogP contribution in [0.2, 0.25) is 0 Å². The molecule has 0 spiro atoms. The maximum absolute atomic E-state index is 12.4. The third kappa shape index (κ3) is 47.3. The summed E-state index contributed by atoms with van der Waals surface area (Å²) in [6.07, 6.45) is 64.1. The lowest BCUT2D eigenvalue weighted by molar-refractivity contribution is -0.143. The summed E-state index contributed by atoms with van der Waals surface area (Å²) in [6.45, 7) is 4.81. The van der Waals surface area contributed by atoms with E-state index < -0.39 is 12.1 Å². The molecule has 0 aromatic carbocycles. The van der Waals surface area contributed by atoms with Crippen molar-refractivity contribution in [1.82, 2.24) is 5.32 Å². The van der Waals surface area contributed by atoms with E-state index in [0.29, 0.717) is 19.4 Å². The van der Waals surface area contributed by atoms with Gasteiger partial charge < -0.3 is 20.3 Å². The summed E-state index contributed by atoms with van der Waals surface area (Å²) in [5, 5.41) is 23.0. The van der Waals surface area contributed by atoms with Crippen molar-refractivity contribution >= 4 is 11.9 Å². The standard InChI is InChI=1S/C56H103NO5/c1-3-5-7-9-11-13-15-25-30-34-38-42-46-50-56(61)62-51-47-43-39-35-31-27-24-22-20-18-17-19-21-23-26-29-33-37-41-45-49-55(60)57-53(52-58)54(59)48-44-40-36-32-28-16-14-12-10-8-6-4-2/h7,9,13,15,17,19,44,48,53-54,58-59H,3-6,8,10-12,14,16,18,20-43,45-47,49-52H2,1-2H3,(H,57,60)/b9-7-,15-13-,19-17-,48-44+. The van der Waals surface area contributed by atoms with E-state index in [9.17, 15) is 19.8 Å². The van der Waals surface area contributed by atoms with Crippen LogP contribution in [0.15, 0.2) is 48.6 Å². The largest absolute Gasteiger partial charge is 0.466 e. The highest BCUT2D eigenvalue weighted by Gasteiger charge is 2.18. The van der Waals surface area contributed by atoms with Crippen LogP contribution >= 0.6 is 0 Å². The van der Waals surface area contributed by atoms with Gasteiger partial charge in [0.05, 0.1) is 25.4 Å². The van der Waals surface area contributed by atoms with Gasteiger partial charge in [0, 0.05) is 12.8 Å². The van der Waals surface area contributed by atoms with Gasteiger partial charge in [-0.05, 0) is 83.5 Å². The second-order valence-electron chi connectivity index (χ2n) is 18.2. The Hall–Kier alpha value is -2.18. The van der Waals surface area contributed by atoms with Gasteiger partial charge in [0.25, 0.3) is 0 Å². The lowest BCUT2D eigenvalue weighted by atomic mass is 10.0. The average Bonchev–Trinajstić information content (AvgIpc) is 3.27. The molecule has 0 bridgehead atoms. The van der Waals surface area contributed by atoms with Crippen molar-refractivity contribution in [3.8, 4) is 0 Å². The lowest BCUT2D eigenvalue weighted by Gasteiger charge is -2.20. The van der Waals surface area contributed by atoms with Gasteiger partial charge in [-0.15, -0.1) is 0 Å². The Morgan fingerprint density at radius 3 is 1.31 bits per heavy atom. The molecule has 0 rings (SSSR count). The number of carbonyl (C=O) groups excluding carboxylic acids is 2. The maximum atomic E-state index is 12.4. The van der Waals surface area contributed by atoms with Crippen molar-refractivity contribution in [3.05, 3.63) is 48.6 Å². The molecule has 0 aromatic heterocycles. The molecule has 0 saturated carbocycles. The summed E-state index contributed by atoms with van der Waals surface area (Å²) < 4.78 is 5.45. The molecule has 1 amide bonds. The molecular formula is C56H103NO5. The van der Waals surface area contributed by atoms with Crippen LogP contribution in [0.5, 0.6) is 0 Å². The minimum atomic E-state index is -0.849. The van der Waals surface area contributed by atoms with Crippen LogP contribution in [-0.4, -0.2) is 47.4 Å². The molecule has 0 fully saturated rings. The first-order chi connectivity index (χ1) is 30.5. The van der Waals surface area contributed by atoms with E-state index >= 15 is 0 Å². The van der Waals surface area contributed by atoms with Crippen LogP contribution in [0.4, 0.5) is 0 Å². The van der Waals surface area contributed by atoms with E-state index in [2.05, 4.69) is 55.6 Å². The first kappa shape index (κ1) is 59.8. The van der Waals surface area contributed by atoms with E-state index in [1.54, 1.807) is 6.08 Å². The molecule has 2 unspecified atom stereocenters. The third-order valence-electron chi connectivity index (χ3n) is 12.0. The highest BCUT2D eigenvalue weighted by molar-refractivity contribution is 5.76. The van der Waals surface area contributed by atoms with Crippen molar-refractivity contribution < 1.29 is 24.5 Å². The zero-order valence-electron chi connectivity index (χ0n) is 41.1. The number of hydrogen-bond donors (Lipinski definition) is 3. The molecule has 6 nitrogen and oxygen atoms in total. The van der Waals surface area contributed by atoms with Gasteiger partial charge in [0.1, 0.15) is 0 Å². The van der Waals surface area contributed by atoms with Gasteiger partial charge in [0.15, 0.2) is 0 Å². The van der Waals surface area contributed by atoms with Crippen molar-refractivity contribution in [2.45, 2.75) is 283 Å². The van der Waals surface area contributed by atoms with Crippen molar-refractivity contribution in [1.29, 1.82) is 0 Å². The summed E-state index contributed by atoms with van der Waals surface area (Å²) in [4.78, 5) is 24.4. The highest BCUT2D eigenvalue weighted by atomic mass is 16.5. The molecule has 3 N–H and O–H groups in total. The van der Waals surface area contributed by atoms with Gasteiger partial charge in [-0.3, -0.25) is 9.59 Å². The number of aliphatic hydroxyl groups excluding tert-OH is 2. The topological polar surface area (TPSA) is 95.9 Å². The van der Waals surface area contributed by atoms with Crippen molar-refractivity contribution in [2.75, 3.05) is 13.2 Å². The summed E-state index contributed by atoms with van der Waals surface area (Å²) in [5.41, 5.74) is 0. The van der Waals surface area contributed by atoms with E-state index in [-0.39, 0.29) is 18.5 Å². The Kier molecular flexibility index (Phi) is 49.6. The zero-order chi connectivity index (χ0) is 45.1. The number of hydrogen-bond acceptors (Lipinski definition) is 5. The molecular weight excluding hydrogens is 767 g/mol. The monoisotopic (exact) mass is 870 g/mol. The number of aliphatic hydroxyl groups is 2. The average molecular weight is 870 g/mol. The predicted molar refractivity (Wildman–Crippen MR) is 269 cm³/mol. The second-order valence-corrected chi connectivity index (χ2v) is 18.2. The van der Waals surface area contributed by atoms with Gasteiger partial charge in [0.2, 0.25) is 5.91 Å². The van der Waals surface area contributed by atoms with Gasteiger partial charge >= 0.3 is 5.97 Å². The number of ether oxygens (including phenoxy) is 1. The van der Waals surface area contributed by atoms with Gasteiger partial charge in [-0.1, -0.05) is 223 Å². The molecule has 362 valence electrons. The molecule has 6 heteroatoms. The molecule has 0 heterocycles. The Balaban J connectivity index is 3.47. The van der Waals surface area contributed by atoms with Crippen LogP contribution in [0.1, 0.15) is 271 Å². The normalized spacial score (nSPS) is 13.0. The van der Waals surface area contributed by atoms with Crippen LogP contribution in [0, 0.1) is 0 Å². The molecule has 0 aliphatic heterocycles. The molecule has 0 aliphatic carbocycles. The Morgan fingerprint density at radius 2 is 0.839 bits per heavy atom. The van der Waals surface area contributed by atoms with E-state index in [1.165, 1.54) is 186 Å². The number of allylic oxidation sites excluding steroid dienone is 7. The first-order valence-corrected chi connectivity index (χ1v) is 26.9. The molecule has 0 radical (unpaired) electrons. The molecule has 0 saturated heterocycles. The third-order valence-corrected chi connectivity index (χ3v) is 12.0. The predicted octanol–water partition coefficient (Wildman–Crippen LogP) is 16.2. The molecule has 0 aliphatic rings. The fraction of sp³-hybridized carbons (Fsp3) is 0.821. The quantitative estimate of drug-likeness (QED) is 0.0322. The van der Waals surface area contributed by atoms with Gasteiger partial charge in [-0.25, -0.2) is 0 Å². The highest BCUT2D eigenvalue weighted by Crippen LogP contribution is 2.15. The SMILES string of the molecule is CCC/C=C\C/C=C\CCCCCCCC(=O)OCCCCCCCCCCC/C=C\CCCCCCCCCC(=O)NC(CO)C(O)/C=C/CCCCCCCCCCCC. The summed E-state index contributed by atoms with van der Waals surface area (Å²) >= 11 is 0. The summed E-state index contributed by atoms with van der Waals surface area (Å²) in [5.74, 6) is -0.0895. The van der Waals surface area contributed by atoms with Gasteiger partial charge in [-0.2, -0.15) is 0 Å². The number of rotatable bonds is 49. The second kappa shape index (κ2) is 51.5. The van der Waals surface area contributed by atoms with E-state index in [1.807, 2.05) is 6.08 Å². The molecule has 2 atom stereocenters. The number of esters is 1. The number of nitrogens with one attached hydrogen (secondary N) is 1. The Morgan fingerprint density at radius 1 is 0.452 bits per heavy atom. The van der Waals surface area contributed by atoms with E-state index in [4.69, 9.17) is 4.74 Å². The number of carbonyl (C=O) groups is 2. The maximum Gasteiger partial charge on any atom is 0.305 e. The smallest absolute Gasteiger partial charge is 0.305 e. The van der Waals surface area contributed by atoms with Crippen LogP contribution < -0.4 is 5.32 Å². The summed E-state index contributed by atoms with van der Waals surface area (Å²) in [6, 6.07) is -0.634. The Bertz CT molecular complexity index is 1050. The number of unbranched alkanes of at least 4 members (excludes halogenated alkanes) is 32. The lowest BCUT2D eigenvalue weighted by Crippen LogP contribution is -2.45. The minimum Gasteiger partial charge on any atom is -0.466 e. The minimum absolute atomic E-state index is 0.0108. The van der Waals surface area contributed by atoms with Crippen LogP contribution in [0.3, 0.4) is 0 Å². The van der Waals surface area contributed by atoms with Crippen molar-refractivity contribution in [3.63, 3.8) is 0 Å². The molecule has 0 aromatic rings. The first-order valence-electron chi connectivity index (χ1n) is 26.9. The van der Waals surface area contributed by atoms with Crippen LogP contribution in [0.25, 0.3) is 0 Å². The van der Waals surface area contributed by atoms with Crippen molar-refractivity contribution in [2.24, 2.45) is 0 Å². The zero-order valence-corrected chi connectivity index (χ0v) is 41.1. The fourth-order valence-electron chi connectivity index (χ4n) is 7.90. The Labute approximate surface area is 385 Å². The fourth-order valence-corrected chi connectivity index (χ4v) is 7.90. The number of amides is 1.